The number of unbranched alkanes of at least 4 members (excludes halogenated alkanes) is 1. The van der Waals surface area contributed by atoms with Gasteiger partial charge in [-0.25, -0.2) is 4.98 Å². The molecule has 1 N–H and O–H groups in total. The molecule has 0 spiro atoms. The molecular formula is C15H22N2O2. The lowest BCUT2D eigenvalue weighted by atomic mass is 10.1. The predicted molar refractivity (Wildman–Crippen MR) is 77.9 cm³/mol. The number of aryl methyl sites for hydroxylation is 2. The number of carbonyl (C=O) groups is 1. The van der Waals surface area contributed by atoms with Crippen molar-refractivity contribution in [3.05, 3.63) is 29.1 Å². The molecule has 0 aromatic carbocycles. The molecule has 0 atom stereocenters. The number of carbonyl (C=O) groups excluding carboxylic acids is 1. The van der Waals surface area contributed by atoms with Crippen molar-refractivity contribution in [1.82, 2.24) is 4.98 Å². The first kappa shape index (κ1) is 15.2. The van der Waals surface area contributed by atoms with Gasteiger partial charge >= 0.3 is 0 Å². The summed E-state index contributed by atoms with van der Waals surface area (Å²) in [5, 5.41) is 2.69. The third kappa shape index (κ3) is 5.12. The van der Waals surface area contributed by atoms with Gasteiger partial charge in [-0.05, 0) is 38.0 Å². The fraction of sp³-hybridized carbons (Fsp3) is 0.467. The van der Waals surface area contributed by atoms with E-state index in [0.717, 1.165) is 36.3 Å². The van der Waals surface area contributed by atoms with Gasteiger partial charge in [0.2, 0.25) is 5.91 Å². The normalized spacial score (nSPS) is 10.7. The molecule has 0 saturated heterocycles. The number of rotatable bonds is 6. The average Bonchev–Trinajstić information content (AvgIpc) is 2.31. The molecular weight excluding hydrogens is 240 g/mol. The van der Waals surface area contributed by atoms with Gasteiger partial charge in [0.1, 0.15) is 5.82 Å². The van der Waals surface area contributed by atoms with Crippen LogP contribution in [-0.2, 0) is 9.53 Å². The second-order valence-corrected chi connectivity index (χ2v) is 4.53. The Hall–Kier alpha value is -1.84. The van der Waals surface area contributed by atoms with Crippen molar-refractivity contribution in [3.63, 3.8) is 0 Å². The minimum Gasteiger partial charge on any atom is -0.501 e. The van der Waals surface area contributed by atoms with Crippen molar-refractivity contribution in [2.45, 2.75) is 40.5 Å². The highest BCUT2D eigenvalue weighted by atomic mass is 16.5. The fourth-order valence-corrected chi connectivity index (χ4v) is 1.75. The smallest absolute Gasteiger partial charge is 0.222 e. The van der Waals surface area contributed by atoms with Crippen LogP contribution in [0.4, 0.5) is 5.82 Å². The van der Waals surface area contributed by atoms with Crippen molar-refractivity contribution in [2.75, 3.05) is 11.9 Å². The highest BCUT2D eigenvalue weighted by molar-refractivity contribution is 5.87. The number of anilines is 1. The van der Waals surface area contributed by atoms with E-state index in [4.69, 9.17) is 4.74 Å². The minimum atomic E-state index is -0.113. The Labute approximate surface area is 114 Å². The van der Waals surface area contributed by atoms with Crippen LogP contribution >= 0.6 is 0 Å². The first-order valence-electron chi connectivity index (χ1n) is 6.58. The van der Waals surface area contributed by atoms with Crippen molar-refractivity contribution < 1.29 is 9.53 Å². The molecule has 0 aliphatic carbocycles. The summed E-state index contributed by atoms with van der Waals surface area (Å²) < 4.78 is 5.40. The van der Waals surface area contributed by atoms with E-state index in [1.807, 2.05) is 26.0 Å². The van der Waals surface area contributed by atoms with Crippen LogP contribution in [0.2, 0.25) is 0 Å². The Balaban J connectivity index is 2.76. The maximum atomic E-state index is 11.0. The van der Waals surface area contributed by atoms with Gasteiger partial charge in [-0.3, -0.25) is 4.79 Å². The second-order valence-electron chi connectivity index (χ2n) is 4.53. The van der Waals surface area contributed by atoms with Gasteiger partial charge in [0.25, 0.3) is 0 Å². The van der Waals surface area contributed by atoms with Gasteiger partial charge in [-0.2, -0.15) is 0 Å². The number of aromatic nitrogens is 1. The van der Waals surface area contributed by atoms with Gasteiger partial charge in [0.15, 0.2) is 0 Å². The summed E-state index contributed by atoms with van der Waals surface area (Å²) in [6, 6.07) is 1.86. The summed E-state index contributed by atoms with van der Waals surface area (Å²) in [7, 11) is 0. The molecule has 0 bridgehead atoms. The summed E-state index contributed by atoms with van der Waals surface area (Å²) in [6.07, 6.45) is 5.82. The largest absolute Gasteiger partial charge is 0.501 e. The topological polar surface area (TPSA) is 51.2 Å². The molecule has 104 valence electrons. The molecule has 4 heteroatoms. The van der Waals surface area contributed by atoms with E-state index >= 15 is 0 Å². The van der Waals surface area contributed by atoms with E-state index in [2.05, 4.69) is 17.2 Å². The van der Waals surface area contributed by atoms with Gasteiger partial charge < -0.3 is 10.1 Å². The summed E-state index contributed by atoms with van der Waals surface area (Å²) in [5.41, 5.74) is 2.97. The standard InChI is InChI=1S/C15H22N2O2/c1-5-6-8-19-9-7-14-11(2)10-15(16-12(14)3)17-13(4)18/h7,9-10H,5-6,8H2,1-4H3,(H,16,17,18)/b9-7+. The summed E-state index contributed by atoms with van der Waals surface area (Å²) in [6.45, 7) is 8.26. The Bertz CT molecular complexity index is 444. The Morgan fingerprint density at radius 2 is 2.21 bits per heavy atom. The van der Waals surface area contributed by atoms with Crippen LogP contribution < -0.4 is 5.32 Å². The molecule has 1 aromatic rings. The third-order valence-corrected chi connectivity index (χ3v) is 2.71. The van der Waals surface area contributed by atoms with E-state index in [0.29, 0.717) is 5.82 Å². The van der Waals surface area contributed by atoms with Crippen LogP contribution in [0.5, 0.6) is 0 Å². The first-order chi connectivity index (χ1) is 9.04. The Morgan fingerprint density at radius 3 is 2.79 bits per heavy atom. The summed E-state index contributed by atoms with van der Waals surface area (Å²) in [4.78, 5) is 15.4. The lowest BCUT2D eigenvalue weighted by molar-refractivity contribution is -0.114. The molecule has 1 amide bonds. The van der Waals surface area contributed by atoms with E-state index < -0.39 is 0 Å². The van der Waals surface area contributed by atoms with E-state index in [1.165, 1.54) is 6.92 Å². The monoisotopic (exact) mass is 262 g/mol. The molecule has 0 aliphatic heterocycles. The molecule has 1 aromatic heterocycles. The van der Waals surface area contributed by atoms with Gasteiger partial charge in [-0.15, -0.1) is 0 Å². The molecule has 0 aliphatic rings. The van der Waals surface area contributed by atoms with Crippen LogP contribution in [0.15, 0.2) is 12.3 Å². The molecule has 19 heavy (non-hydrogen) atoms. The minimum absolute atomic E-state index is 0.113. The SMILES string of the molecule is CCCCO/C=C/c1c(C)cc(NC(C)=O)nc1C. The lowest BCUT2D eigenvalue weighted by Gasteiger charge is -2.09. The molecule has 1 heterocycles. The zero-order chi connectivity index (χ0) is 14.3. The number of amides is 1. The fourth-order valence-electron chi connectivity index (χ4n) is 1.75. The van der Waals surface area contributed by atoms with Crippen LogP contribution in [-0.4, -0.2) is 17.5 Å². The predicted octanol–water partition coefficient (Wildman–Crippen LogP) is 3.44. The van der Waals surface area contributed by atoms with Crippen LogP contribution in [0.25, 0.3) is 6.08 Å². The lowest BCUT2D eigenvalue weighted by Crippen LogP contribution is -2.08. The summed E-state index contributed by atoms with van der Waals surface area (Å²) in [5.74, 6) is 0.476. The molecule has 0 radical (unpaired) electrons. The van der Waals surface area contributed by atoms with Gasteiger partial charge in [0, 0.05) is 18.2 Å². The number of pyridine rings is 1. The van der Waals surface area contributed by atoms with Crippen LogP contribution in [0, 0.1) is 13.8 Å². The number of nitrogens with one attached hydrogen (secondary N) is 1. The highest BCUT2D eigenvalue weighted by Gasteiger charge is 2.05. The number of hydrogen-bond acceptors (Lipinski definition) is 3. The zero-order valence-corrected chi connectivity index (χ0v) is 12.1. The number of ether oxygens (including phenoxy) is 1. The maximum Gasteiger partial charge on any atom is 0.222 e. The van der Waals surface area contributed by atoms with Crippen molar-refractivity contribution in [1.29, 1.82) is 0 Å². The maximum absolute atomic E-state index is 11.0. The molecule has 1 rings (SSSR count). The molecule has 0 fully saturated rings. The highest BCUT2D eigenvalue weighted by Crippen LogP contribution is 2.18. The van der Waals surface area contributed by atoms with E-state index in [9.17, 15) is 4.79 Å². The Morgan fingerprint density at radius 1 is 1.47 bits per heavy atom. The van der Waals surface area contributed by atoms with Gasteiger partial charge in [0.05, 0.1) is 12.9 Å². The van der Waals surface area contributed by atoms with Crippen LogP contribution in [0.3, 0.4) is 0 Å². The van der Waals surface area contributed by atoms with E-state index in [1.54, 1.807) is 6.26 Å². The third-order valence-electron chi connectivity index (χ3n) is 2.71. The molecule has 0 saturated carbocycles. The van der Waals surface area contributed by atoms with Gasteiger partial charge in [-0.1, -0.05) is 13.3 Å². The Kier molecular flexibility index (Phi) is 6.06. The molecule has 4 nitrogen and oxygen atoms in total. The first-order valence-corrected chi connectivity index (χ1v) is 6.58. The number of hydrogen-bond donors (Lipinski definition) is 1. The van der Waals surface area contributed by atoms with Crippen molar-refractivity contribution in [3.8, 4) is 0 Å². The second kappa shape index (κ2) is 7.56. The molecule has 0 unspecified atom stereocenters. The average molecular weight is 262 g/mol. The van der Waals surface area contributed by atoms with Crippen LogP contribution in [0.1, 0.15) is 43.5 Å². The summed E-state index contributed by atoms with van der Waals surface area (Å²) >= 11 is 0. The number of nitrogens with zero attached hydrogens (tertiary/aromatic N) is 1. The van der Waals surface area contributed by atoms with Crippen molar-refractivity contribution >= 4 is 17.8 Å². The van der Waals surface area contributed by atoms with Crippen molar-refractivity contribution in [2.24, 2.45) is 0 Å². The zero-order valence-electron chi connectivity index (χ0n) is 12.1. The van der Waals surface area contributed by atoms with E-state index in [-0.39, 0.29) is 5.91 Å². The quantitative estimate of drug-likeness (QED) is 0.631.